The van der Waals surface area contributed by atoms with Crippen molar-refractivity contribution < 1.29 is 17.9 Å². The number of nitrogens with zero attached hydrogens (tertiary/aromatic N) is 1. The first-order valence-electron chi connectivity index (χ1n) is 4.38. The fraction of sp³-hybridized carbons (Fsp3) is 0.444. The van der Waals surface area contributed by atoms with Crippen molar-refractivity contribution in [3.8, 4) is 0 Å². The van der Waals surface area contributed by atoms with Gasteiger partial charge in [-0.2, -0.15) is 0 Å². The summed E-state index contributed by atoms with van der Waals surface area (Å²) >= 11 is 0. The predicted octanol–water partition coefficient (Wildman–Crippen LogP) is 1.71. The van der Waals surface area contributed by atoms with E-state index >= 15 is 0 Å². The van der Waals surface area contributed by atoms with Crippen LogP contribution in [0.15, 0.2) is 24.5 Å². The molecule has 0 radical (unpaired) electrons. The summed E-state index contributed by atoms with van der Waals surface area (Å²) in [5, 5.41) is 2.81. The van der Waals surface area contributed by atoms with E-state index in [1.807, 2.05) is 6.07 Å². The van der Waals surface area contributed by atoms with Gasteiger partial charge in [0, 0.05) is 25.5 Å². The zero-order valence-electron chi connectivity index (χ0n) is 7.92. The zero-order chi connectivity index (χ0) is 11.1. The highest BCUT2D eigenvalue weighted by Crippen LogP contribution is 2.15. The zero-order valence-corrected chi connectivity index (χ0v) is 7.92. The van der Waals surface area contributed by atoms with Crippen molar-refractivity contribution in [2.24, 2.45) is 0 Å². The van der Waals surface area contributed by atoms with Gasteiger partial charge >= 0.3 is 6.36 Å². The van der Waals surface area contributed by atoms with Gasteiger partial charge in [-0.3, -0.25) is 9.72 Å². The number of hydrogen-bond acceptors (Lipinski definition) is 3. The van der Waals surface area contributed by atoms with E-state index in [0.29, 0.717) is 6.54 Å². The second kappa shape index (κ2) is 5.67. The van der Waals surface area contributed by atoms with Gasteiger partial charge in [0.2, 0.25) is 0 Å². The van der Waals surface area contributed by atoms with E-state index in [1.54, 1.807) is 18.5 Å². The molecule has 0 aliphatic carbocycles. The number of aromatic nitrogens is 1. The standard InChI is InChI=1S/C9H11F3N2O/c10-9(11,12)15-5-4-14-7-8-2-1-3-13-6-8/h1-3,6,14H,4-5,7H2. The Hall–Kier alpha value is -1.14. The summed E-state index contributed by atoms with van der Waals surface area (Å²) < 4.78 is 38.2. The smallest absolute Gasteiger partial charge is 0.310 e. The van der Waals surface area contributed by atoms with Crippen LogP contribution in [0.5, 0.6) is 0 Å². The molecule has 3 nitrogen and oxygen atoms in total. The van der Waals surface area contributed by atoms with Gasteiger partial charge in [-0.1, -0.05) is 6.07 Å². The fourth-order valence-electron chi connectivity index (χ4n) is 0.974. The van der Waals surface area contributed by atoms with Crippen LogP contribution in [0.2, 0.25) is 0 Å². The summed E-state index contributed by atoms with van der Waals surface area (Å²) in [4.78, 5) is 3.87. The lowest BCUT2D eigenvalue weighted by atomic mass is 10.3. The highest BCUT2D eigenvalue weighted by Gasteiger charge is 2.28. The van der Waals surface area contributed by atoms with E-state index in [2.05, 4.69) is 15.0 Å². The van der Waals surface area contributed by atoms with Crippen molar-refractivity contribution in [1.29, 1.82) is 0 Å². The minimum Gasteiger partial charge on any atom is -0.310 e. The maximum absolute atomic E-state index is 11.5. The molecule has 1 heterocycles. The van der Waals surface area contributed by atoms with Gasteiger partial charge in [0.15, 0.2) is 0 Å². The van der Waals surface area contributed by atoms with Gasteiger partial charge in [0.25, 0.3) is 0 Å². The van der Waals surface area contributed by atoms with Gasteiger partial charge in [0.1, 0.15) is 0 Å². The average Bonchev–Trinajstić information content (AvgIpc) is 2.17. The first-order valence-corrected chi connectivity index (χ1v) is 4.38. The number of nitrogens with one attached hydrogen (secondary N) is 1. The van der Waals surface area contributed by atoms with Crippen molar-refractivity contribution >= 4 is 0 Å². The van der Waals surface area contributed by atoms with E-state index in [0.717, 1.165) is 5.56 Å². The van der Waals surface area contributed by atoms with Crippen LogP contribution in [0.1, 0.15) is 5.56 Å². The lowest BCUT2D eigenvalue weighted by molar-refractivity contribution is -0.323. The van der Waals surface area contributed by atoms with E-state index in [4.69, 9.17) is 0 Å². The summed E-state index contributed by atoms with van der Waals surface area (Å²) in [5.74, 6) is 0. The molecule has 0 aliphatic rings. The summed E-state index contributed by atoms with van der Waals surface area (Å²) in [6, 6.07) is 3.61. The molecular weight excluding hydrogens is 209 g/mol. The number of halogens is 3. The molecule has 0 unspecified atom stereocenters. The Kier molecular flexibility index (Phi) is 4.51. The van der Waals surface area contributed by atoms with Crippen LogP contribution in [0, 0.1) is 0 Å². The van der Waals surface area contributed by atoms with Gasteiger partial charge in [-0.15, -0.1) is 13.2 Å². The predicted molar refractivity (Wildman–Crippen MR) is 48.0 cm³/mol. The molecule has 1 aromatic rings. The Bertz CT molecular complexity index is 276. The molecule has 0 bridgehead atoms. The second-order valence-corrected chi connectivity index (χ2v) is 2.83. The first-order chi connectivity index (χ1) is 7.08. The number of pyridine rings is 1. The van der Waals surface area contributed by atoms with Crippen LogP contribution < -0.4 is 5.32 Å². The quantitative estimate of drug-likeness (QED) is 0.767. The summed E-state index contributed by atoms with van der Waals surface area (Å²) in [6.45, 7) is 0.243. The second-order valence-electron chi connectivity index (χ2n) is 2.83. The Morgan fingerprint density at radius 3 is 2.80 bits per heavy atom. The van der Waals surface area contributed by atoms with Crippen molar-refractivity contribution in [2.75, 3.05) is 13.2 Å². The molecule has 0 spiro atoms. The normalized spacial score (nSPS) is 11.7. The number of alkyl halides is 3. The van der Waals surface area contributed by atoms with Crippen molar-refractivity contribution in [1.82, 2.24) is 10.3 Å². The Labute approximate surface area is 85.3 Å². The van der Waals surface area contributed by atoms with Crippen LogP contribution in [0.4, 0.5) is 13.2 Å². The SMILES string of the molecule is FC(F)(F)OCCNCc1cccnc1. The molecular formula is C9H11F3N2O. The molecule has 0 saturated heterocycles. The third-order valence-electron chi connectivity index (χ3n) is 1.60. The van der Waals surface area contributed by atoms with Crippen LogP contribution in [-0.4, -0.2) is 24.5 Å². The van der Waals surface area contributed by atoms with E-state index in [9.17, 15) is 13.2 Å². The average molecular weight is 220 g/mol. The molecule has 0 aromatic carbocycles. The Morgan fingerprint density at radius 2 is 2.20 bits per heavy atom. The molecule has 0 saturated carbocycles. The molecule has 0 amide bonds. The number of rotatable bonds is 5. The van der Waals surface area contributed by atoms with E-state index < -0.39 is 6.36 Å². The molecule has 6 heteroatoms. The maximum Gasteiger partial charge on any atom is 0.522 e. The Morgan fingerprint density at radius 1 is 1.40 bits per heavy atom. The molecule has 0 atom stereocenters. The van der Waals surface area contributed by atoms with Crippen LogP contribution in [0.3, 0.4) is 0 Å². The first kappa shape index (κ1) is 11.9. The topological polar surface area (TPSA) is 34.1 Å². The third-order valence-corrected chi connectivity index (χ3v) is 1.60. The lowest BCUT2D eigenvalue weighted by Crippen LogP contribution is -2.23. The van der Waals surface area contributed by atoms with Crippen LogP contribution in [0.25, 0.3) is 0 Å². The molecule has 15 heavy (non-hydrogen) atoms. The maximum atomic E-state index is 11.5. The minimum absolute atomic E-state index is 0.147. The number of hydrogen-bond donors (Lipinski definition) is 1. The highest BCUT2D eigenvalue weighted by molar-refractivity contribution is 5.07. The Balaban J connectivity index is 2.08. The third kappa shape index (κ3) is 6.03. The van der Waals surface area contributed by atoms with Crippen molar-refractivity contribution in [3.05, 3.63) is 30.1 Å². The summed E-state index contributed by atoms with van der Waals surface area (Å²) in [5.41, 5.74) is 0.921. The van der Waals surface area contributed by atoms with Crippen molar-refractivity contribution in [2.45, 2.75) is 12.9 Å². The fourth-order valence-corrected chi connectivity index (χ4v) is 0.974. The lowest BCUT2D eigenvalue weighted by Gasteiger charge is -2.07. The highest BCUT2D eigenvalue weighted by atomic mass is 19.4. The van der Waals surface area contributed by atoms with Gasteiger partial charge in [0.05, 0.1) is 6.61 Å². The van der Waals surface area contributed by atoms with Crippen LogP contribution in [-0.2, 0) is 11.3 Å². The van der Waals surface area contributed by atoms with Crippen molar-refractivity contribution in [3.63, 3.8) is 0 Å². The van der Waals surface area contributed by atoms with E-state index in [-0.39, 0.29) is 13.2 Å². The summed E-state index contributed by atoms with van der Waals surface area (Å²) in [7, 11) is 0. The molecule has 1 aromatic heterocycles. The molecule has 1 N–H and O–H groups in total. The minimum atomic E-state index is -4.55. The molecule has 84 valence electrons. The largest absolute Gasteiger partial charge is 0.522 e. The summed E-state index contributed by atoms with van der Waals surface area (Å²) in [6.07, 6.45) is -1.26. The molecule has 0 aliphatic heterocycles. The van der Waals surface area contributed by atoms with Gasteiger partial charge in [-0.05, 0) is 11.6 Å². The number of ether oxygens (including phenoxy) is 1. The molecule has 1 rings (SSSR count). The van der Waals surface area contributed by atoms with E-state index in [1.165, 1.54) is 0 Å². The van der Waals surface area contributed by atoms with Gasteiger partial charge in [-0.25, -0.2) is 0 Å². The monoisotopic (exact) mass is 220 g/mol. The molecule has 0 fully saturated rings. The van der Waals surface area contributed by atoms with Gasteiger partial charge < -0.3 is 5.32 Å². The van der Waals surface area contributed by atoms with Crippen LogP contribution >= 0.6 is 0 Å².